The van der Waals surface area contributed by atoms with Gasteiger partial charge in [0.1, 0.15) is 5.82 Å². The third-order valence-electron chi connectivity index (χ3n) is 7.95. The monoisotopic (exact) mass is 618 g/mol. The molecule has 1 aliphatic heterocycles. The van der Waals surface area contributed by atoms with E-state index in [1.54, 1.807) is 12.1 Å². The SMILES string of the molecule is CN.CN(N)/N=C/C1(C(=O)NCc2cc(C(F)(F)F)cc(C(F)(F)F)c2)CCC(N2CCC(c3ccc(F)cc3)CC2)C1. The van der Waals surface area contributed by atoms with Gasteiger partial charge in [0.15, 0.2) is 0 Å². The number of hydrogen-bond acceptors (Lipinski definition) is 6. The molecule has 1 aliphatic carbocycles. The van der Waals surface area contributed by atoms with E-state index in [0.717, 1.165) is 36.6 Å². The number of carbonyl (C=O) groups is 1. The molecule has 0 bridgehead atoms. The van der Waals surface area contributed by atoms with E-state index in [4.69, 9.17) is 5.84 Å². The molecule has 1 heterocycles. The standard InChI is InChI=1S/C28H32F7N5O.CH5N/c1-39(36)38-17-26(25(41)37-16-18-12-21(27(30,31)32)14-22(13-18)28(33,34)35)9-6-24(15-26)40-10-7-20(8-11-40)19-2-4-23(29)5-3-19;1-2/h2-5,12-14,17,20,24H,6-11,15-16,36H2,1H3,(H,37,41);2H2,1H3/b38-17+;. The van der Waals surface area contributed by atoms with Crippen molar-refractivity contribution in [2.45, 2.75) is 63.0 Å². The smallest absolute Gasteiger partial charge is 0.351 e. The van der Waals surface area contributed by atoms with Gasteiger partial charge in [0.2, 0.25) is 5.91 Å². The second-order valence-electron chi connectivity index (χ2n) is 10.8. The van der Waals surface area contributed by atoms with Crippen LogP contribution in [0.15, 0.2) is 47.6 Å². The summed E-state index contributed by atoms with van der Waals surface area (Å²) in [5, 5.41) is 7.64. The zero-order valence-corrected chi connectivity index (χ0v) is 24.0. The van der Waals surface area contributed by atoms with Gasteiger partial charge in [-0.25, -0.2) is 15.4 Å². The number of benzene rings is 2. The third kappa shape index (κ3) is 8.89. The fourth-order valence-corrected chi connectivity index (χ4v) is 5.76. The average Bonchev–Trinajstić information content (AvgIpc) is 3.41. The van der Waals surface area contributed by atoms with Crippen molar-refractivity contribution >= 4 is 12.1 Å². The summed E-state index contributed by atoms with van der Waals surface area (Å²) in [6.07, 6.45) is -5.43. The summed E-state index contributed by atoms with van der Waals surface area (Å²) < 4.78 is 92.9. The van der Waals surface area contributed by atoms with Crippen molar-refractivity contribution in [1.82, 2.24) is 15.3 Å². The van der Waals surface area contributed by atoms with E-state index < -0.39 is 41.3 Å². The number of halogens is 7. The summed E-state index contributed by atoms with van der Waals surface area (Å²) in [7, 11) is 2.97. The van der Waals surface area contributed by atoms with E-state index in [-0.39, 0.29) is 23.5 Å². The summed E-state index contributed by atoms with van der Waals surface area (Å²) in [5.74, 6) is 5.09. The van der Waals surface area contributed by atoms with Gasteiger partial charge < -0.3 is 16.0 Å². The van der Waals surface area contributed by atoms with Gasteiger partial charge in [-0.1, -0.05) is 12.1 Å². The van der Waals surface area contributed by atoms with Crippen molar-refractivity contribution in [3.05, 3.63) is 70.5 Å². The molecule has 0 radical (unpaired) electrons. The zero-order valence-electron chi connectivity index (χ0n) is 24.0. The first kappa shape index (κ1) is 34.3. The summed E-state index contributed by atoms with van der Waals surface area (Å²) >= 11 is 0. The number of hydrogen-bond donors (Lipinski definition) is 3. The van der Waals surface area contributed by atoms with Crippen molar-refractivity contribution in [3.8, 4) is 0 Å². The predicted octanol–water partition coefficient (Wildman–Crippen LogP) is 5.26. The van der Waals surface area contributed by atoms with Gasteiger partial charge in [-0.15, -0.1) is 0 Å². The number of likely N-dealkylation sites (tertiary alicyclic amines) is 1. The summed E-state index contributed by atoms with van der Waals surface area (Å²) in [6.45, 7) is 1.01. The molecule has 2 aliphatic rings. The molecule has 238 valence electrons. The number of alkyl halides is 6. The van der Waals surface area contributed by atoms with E-state index >= 15 is 0 Å². The number of amides is 1. The van der Waals surface area contributed by atoms with E-state index in [1.165, 1.54) is 32.4 Å². The Labute approximate surface area is 246 Å². The highest BCUT2D eigenvalue weighted by atomic mass is 19.4. The quantitative estimate of drug-likeness (QED) is 0.170. The molecular formula is C29H37F7N6O. The molecular weight excluding hydrogens is 581 g/mol. The van der Waals surface area contributed by atoms with Crippen LogP contribution in [0.25, 0.3) is 0 Å². The third-order valence-corrected chi connectivity index (χ3v) is 7.95. The number of rotatable bonds is 7. The van der Waals surface area contributed by atoms with Gasteiger partial charge in [0.25, 0.3) is 0 Å². The summed E-state index contributed by atoms with van der Waals surface area (Å²) in [4.78, 5) is 15.7. The minimum atomic E-state index is -4.98. The summed E-state index contributed by atoms with van der Waals surface area (Å²) in [6, 6.07) is 7.77. The highest BCUT2D eigenvalue weighted by Gasteiger charge is 2.46. The van der Waals surface area contributed by atoms with Gasteiger partial charge in [-0.3, -0.25) is 4.79 Å². The van der Waals surface area contributed by atoms with Crippen molar-refractivity contribution in [2.75, 3.05) is 27.2 Å². The second kappa shape index (κ2) is 14.0. The van der Waals surface area contributed by atoms with Crippen LogP contribution in [0, 0.1) is 11.2 Å². The largest absolute Gasteiger partial charge is 0.416 e. The first-order chi connectivity index (χ1) is 20.2. The number of nitrogens with zero attached hydrogens (tertiary/aromatic N) is 3. The molecule has 2 atom stereocenters. The Hall–Kier alpha value is -3.23. The molecule has 1 amide bonds. The Morgan fingerprint density at radius 2 is 1.58 bits per heavy atom. The Balaban J connectivity index is 0.00000248. The fourth-order valence-electron chi connectivity index (χ4n) is 5.76. The second-order valence-corrected chi connectivity index (χ2v) is 10.8. The first-order valence-corrected chi connectivity index (χ1v) is 13.8. The molecule has 7 nitrogen and oxygen atoms in total. The van der Waals surface area contributed by atoms with Gasteiger partial charge in [0.05, 0.1) is 16.5 Å². The van der Waals surface area contributed by atoms with Crippen LogP contribution in [0.5, 0.6) is 0 Å². The van der Waals surface area contributed by atoms with E-state index in [9.17, 15) is 35.5 Å². The number of nitrogens with one attached hydrogen (secondary N) is 1. The Bertz CT molecular complexity index is 1210. The number of piperidine rings is 1. The van der Waals surface area contributed by atoms with Crippen molar-refractivity contribution in [3.63, 3.8) is 0 Å². The summed E-state index contributed by atoms with van der Waals surface area (Å²) in [5.41, 5.74) is 1.24. The van der Waals surface area contributed by atoms with Gasteiger partial charge in [-0.2, -0.15) is 31.4 Å². The molecule has 4 rings (SSSR count). The molecule has 43 heavy (non-hydrogen) atoms. The highest BCUT2D eigenvalue weighted by molar-refractivity contribution is 5.98. The maximum Gasteiger partial charge on any atom is 0.416 e. The molecule has 2 fully saturated rings. The van der Waals surface area contributed by atoms with Crippen LogP contribution in [-0.2, 0) is 23.7 Å². The average molecular weight is 619 g/mol. The number of hydrazine groups is 1. The van der Waals surface area contributed by atoms with E-state index in [2.05, 4.69) is 21.1 Å². The van der Waals surface area contributed by atoms with Crippen LogP contribution in [-0.4, -0.2) is 55.4 Å². The molecule has 2 aromatic carbocycles. The van der Waals surface area contributed by atoms with Gasteiger partial charge >= 0.3 is 12.4 Å². The van der Waals surface area contributed by atoms with Crippen LogP contribution in [0.1, 0.15) is 60.3 Å². The molecule has 2 unspecified atom stereocenters. The highest BCUT2D eigenvalue weighted by Crippen LogP contribution is 2.42. The Kier molecular flexibility index (Phi) is 11.2. The lowest BCUT2D eigenvalue weighted by atomic mass is 9.85. The molecule has 2 aromatic rings. The van der Waals surface area contributed by atoms with Crippen LogP contribution < -0.4 is 16.9 Å². The van der Waals surface area contributed by atoms with E-state index in [0.29, 0.717) is 37.3 Å². The molecule has 5 N–H and O–H groups in total. The Morgan fingerprint density at radius 1 is 1.02 bits per heavy atom. The maximum absolute atomic E-state index is 13.5. The molecule has 0 spiro atoms. The zero-order chi connectivity index (χ0) is 32.0. The first-order valence-electron chi connectivity index (χ1n) is 13.8. The molecule has 14 heteroatoms. The number of hydrazone groups is 1. The topological polar surface area (TPSA) is 100.0 Å². The lowest BCUT2D eigenvalue weighted by Crippen LogP contribution is -2.44. The van der Waals surface area contributed by atoms with Crippen LogP contribution in [0.2, 0.25) is 0 Å². The molecule has 0 aromatic heterocycles. The van der Waals surface area contributed by atoms with Gasteiger partial charge in [-0.05, 0) is 99.6 Å². The van der Waals surface area contributed by atoms with Crippen molar-refractivity contribution in [1.29, 1.82) is 0 Å². The number of carbonyl (C=O) groups excluding carboxylic acids is 1. The maximum atomic E-state index is 13.5. The van der Waals surface area contributed by atoms with Crippen LogP contribution >= 0.6 is 0 Å². The van der Waals surface area contributed by atoms with Crippen LogP contribution in [0.4, 0.5) is 30.7 Å². The minimum Gasteiger partial charge on any atom is -0.351 e. The van der Waals surface area contributed by atoms with Crippen molar-refractivity contribution in [2.24, 2.45) is 22.1 Å². The van der Waals surface area contributed by atoms with E-state index in [1.807, 2.05) is 0 Å². The molecule has 1 saturated heterocycles. The normalized spacial score (nSPS) is 21.9. The van der Waals surface area contributed by atoms with Gasteiger partial charge in [0, 0.05) is 25.8 Å². The lowest BCUT2D eigenvalue weighted by Gasteiger charge is -2.37. The lowest BCUT2D eigenvalue weighted by molar-refractivity contribution is -0.143. The molecule has 1 saturated carbocycles. The van der Waals surface area contributed by atoms with Crippen molar-refractivity contribution < 1.29 is 35.5 Å². The minimum absolute atomic E-state index is 0.0230. The van der Waals surface area contributed by atoms with Crippen LogP contribution in [0.3, 0.4) is 0 Å². The predicted molar refractivity (Wildman–Crippen MR) is 149 cm³/mol. The number of nitrogens with two attached hydrogens (primary N) is 2. The Morgan fingerprint density at radius 3 is 2.09 bits per heavy atom. The fraction of sp³-hybridized carbons (Fsp3) is 0.517.